The quantitative estimate of drug-likeness (QED) is 0.700. The van der Waals surface area contributed by atoms with E-state index in [0.717, 1.165) is 16.3 Å². The second-order valence-corrected chi connectivity index (χ2v) is 6.15. The molecule has 106 valence electrons. The van der Waals surface area contributed by atoms with Gasteiger partial charge in [0, 0.05) is 15.7 Å². The third kappa shape index (κ3) is 3.68. The molecule has 1 N–H and O–H groups in total. The first-order valence-corrected chi connectivity index (χ1v) is 7.54. The molecule has 0 aliphatic carbocycles. The highest BCUT2D eigenvalue weighted by Crippen LogP contribution is 2.29. The molecule has 20 heavy (non-hydrogen) atoms. The molecule has 0 fully saturated rings. The zero-order valence-corrected chi connectivity index (χ0v) is 13.5. The van der Waals surface area contributed by atoms with Gasteiger partial charge < -0.3 is 5.32 Å². The summed E-state index contributed by atoms with van der Waals surface area (Å²) in [7, 11) is 0. The summed E-state index contributed by atoms with van der Waals surface area (Å²) in [4.78, 5) is 0. The third-order valence-corrected chi connectivity index (χ3v) is 3.96. The summed E-state index contributed by atoms with van der Waals surface area (Å²) in [6.45, 7) is 6.46. The number of nitrogens with one attached hydrogen (secondary N) is 1. The number of halogens is 2. The Morgan fingerprint density at radius 2 is 1.55 bits per heavy atom. The van der Waals surface area contributed by atoms with E-state index in [0.29, 0.717) is 10.9 Å². The summed E-state index contributed by atoms with van der Waals surface area (Å²) in [5, 5.41) is 4.88. The van der Waals surface area contributed by atoms with E-state index in [1.54, 1.807) is 6.07 Å². The molecular formula is C17H19Cl2N. The van der Waals surface area contributed by atoms with Gasteiger partial charge in [-0.3, -0.25) is 0 Å². The maximum Gasteiger partial charge on any atom is 0.0500 e. The van der Waals surface area contributed by atoms with Gasteiger partial charge in [-0.15, -0.1) is 0 Å². The number of hydrogen-bond donors (Lipinski definition) is 1. The van der Waals surface area contributed by atoms with Crippen LogP contribution in [0, 0.1) is 0 Å². The highest BCUT2D eigenvalue weighted by atomic mass is 35.5. The Balaban J connectivity index is 2.14. The number of anilines is 1. The lowest BCUT2D eigenvalue weighted by Gasteiger charge is -2.18. The van der Waals surface area contributed by atoms with E-state index in [1.165, 1.54) is 5.56 Å². The number of rotatable bonds is 4. The molecule has 0 heterocycles. The fraction of sp³-hybridized carbons (Fsp3) is 0.294. The Bertz CT molecular complexity index is 576. The van der Waals surface area contributed by atoms with Crippen LogP contribution in [0.5, 0.6) is 0 Å². The van der Waals surface area contributed by atoms with E-state index >= 15 is 0 Å². The Hall–Kier alpha value is -1.18. The van der Waals surface area contributed by atoms with Crippen molar-refractivity contribution in [3.05, 3.63) is 63.6 Å². The molecule has 1 nitrogen and oxygen atoms in total. The molecule has 2 aromatic carbocycles. The van der Waals surface area contributed by atoms with Crippen LogP contribution >= 0.6 is 23.2 Å². The van der Waals surface area contributed by atoms with E-state index in [1.807, 2.05) is 12.1 Å². The Kier molecular flexibility index (Phi) is 4.95. The van der Waals surface area contributed by atoms with Crippen molar-refractivity contribution in [2.75, 3.05) is 5.32 Å². The lowest BCUT2D eigenvalue weighted by molar-refractivity contribution is 0.862. The fourth-order valence-electron chi connectivity index (χ4n) is 2.14. The molecule has 0 radical (unpaired) electrons. The van der Waals surface area contributed by atoms with E-state index < -0.39 is 0 Å². The predicted molar refractivity (Wildman–Crippen MR) is 89.0 cm³/mol. The zero-order valence-electron chi connectivity index (χ0n) is 12.0. The first kappa shape index (κ1) is 15.2. The van der Waals surface area contributed by atoms with Gasteiger partial charge in [0.1, 0.15) is 0 Å². The van der Waals surface area contributed by atoms with Gasteiger partial charge in [0.15, 0.2) is 0 Å². The van der Waals surface area contributed by atoms with Crippen LogP contribution in [0.15, 0.2) is 42.5 Å². The van der Waals surface area contributed by atoms with Gasteiger partial charge in [-0.2, -0.15) is 0 Å². The molecule has 0 amide bonds. The van der Waals surface area contributed by atoms with E-state index in [-0.39, 0.29) is 6.04 Å². The molecule has 2 rings (SSSR count). The molecule has 0 aliphatic rings. The van der Waals surface area contributed by atoms with Gasteiger partial charge in [0.2, 0.25) is 0 Å². The standard InChI is InChI=1S/C17H19Cl2N/c1-11(2)13-4-7-15(8-5-13)20-12(3)16-10-14(18)6-9-17(16)19/h4-12,20H,1-3H3. The first-order chi connectivity index (χ1) is 9.47. The predicted octanol–water partition coefficient (Wildman–Crippen LogP) is 6.29. The largest absolute Gasteiger partial charge is 0.378 e. The fourth-order valence-corrected chi connectivity index (χ4v) is 2.60. The molecule has 0 spiro atoms. The third-order valence-electron chi connectivity index (χ3n) is 3.39. The lowest BCUT2D eigenvalue weighted by Crippen LogP contribution is -2.07. The second-order valence-electron chi connectivity index (χ2n) is 5.31. The summed E-state index contributed by atoms with van der Waals surface area (Å²) < 4.78 is 0. The average Bonchev–Trinajstić information content (AvgIpc) is 2.42. The minimum atomic E-state index is 0.103. The maximum absolute atomic E-state index is 6.23. The van der Waals surface area contributed by atoms with E-state index in [9.17, 15) is 0 Å². The number of hydrogen-bond acceptors (Lipinski definition) is 1. The Morgan fingerprint density at radius 1 is 0.900 bits per heavy atom. The SMILES string of the molecule is CC(C)c1ccc(NC(C)c2cc(Cl)ccc2Cl)cc1. The van der Waals surface area contributed by atoms with Crippen LogP contribution in [0.1, 0.15) is 43.9 Å². The van der Waals surface area contributed by atoms with Crippen LogP contribution in [0.3, 0.4) is 0 Å². The summed E-state index contributed by atoms with van der Waals surface area (Å²) in [5.41, 5.74) is 3.43. The number of benzene rings is 2. The van der Waals surface area contributed by atoms with E-state index in [2.05, 4.69) is 50.4 Å². The minimum Gasteiger partial charge on any atom is -0.378 e. The summed E-state index contributed by atoms with van der Waals surface area (Å²) >= 11 is 12.3. The molecule has 1 unspecified atom stereocenters. The van der Waals surface area contributed by atoms with Gasteiger partial charge in [0.25, 0.3) is 0 Å². The highest BCUT2D eigenvalue weighted by Gasteiger charge is 2.10. The van der Waals surface area contributed by atoms with Crippen molar-refractivity contribution in [3.8, 4) is 0 Å². The minimum absolute atomic E-state index is 0.103. The summed E-state index contributed by atoms with van der Waals surface area (Å²) in [5.74, 6) is 0.545. The van der Waals surface area contributed by atoms with Crippen LogP contribution in [-0.4, -0.2) is 0 Å². The van der Waals surface area contributed by atoms with Crippen LogP contribution in [0.4, 0.5) is 5.69 Å². The van der Waals surface area contributed by atoms with Crippen LogP contribution in [-0.2, 0) is 0 Å². The first-order valence-electron chi connectivity index (χ1n) is 6.79. The molecule has 0 bridgehead atoms. The Labute approximate surface area is 130 Å². The molecule has 0 aliphatic heterocycles. The highest BCUT2D eigenvalue weighted by molar-refractivity contribution is 6.33. The summed E-state index contributed by atoms with van der Waals surface area (Å²) in [6.07, 6.45) is 0. The monoisotopic (exact) mass is 307 g/mol. The van der Waals surface area contributed by atoms with Crippen LogP contribution < -0.4 is 5.32 Å². The van der Waals surface area contributed by atoms with Gasteiger partial charge >= 0.3 is 0 Å². The van der Waals surface area contributed by atoms with Crippen molar-refractivity contribution in [3.63, 3.8) is 0 Å². The zero-order chi connectivity index (χ0) is 14.7. The van der Waals surface area contributed by atoms with Crippen LogP contribution in [0.2, 0.25) is 10.0 Å². The van der Waals surface area contributed by atoms with Gasteiger partial charge in [-0.05, 0) is 54.3 Å². The van der Waals surface area contributed by atoms with Crippen molar-refractivity contribution in [2.24, 2.45) is 0 Å². The molecule has 2 aromatic rings. The van der Waals surface area contributed by atoms with Gasteiger partial charge in [-0.25, -0.2) is 0 Å². The maximum atomic E-state index is 6.23. The van der Waals surface area contributed by atoms with Crippen molar-refractivity contribution in [1.82, 2.24) is 0 Å². The smallest absolute Gasteiger partial charge is 0.0500 e. The molecule has 0 aromatic heterocycles. The molecule has 0 saturated carbocycles. The van der Waals surface area contributed by atoms with Crippen molar-refractivity contribution in [2.45, 2.75) is 32.7 Å². The van der Waals surface area contributed by atoms with Crippen molar-refractivity contribution >= 4 is 28.9 Å². The molecule has 1 atom stereocenters. The lowest BCUT2D eigenvalue weighted by atomic mass is 10.0. The molecule has 0 saturated heterocycles. The average molecular weight is 308 g/mol. The van der Waals surface area contributed by atoms with Crippen molar-refractivity contribution in [1.29, 1.82) is 0 Å². The van der Waals surface area contributed by atoms with Gasteiger partial charge in [-0.1, -0.05) is 49.2 Å². The van der Waals surface area contributed by atoms with E-state index in [4.69, 9.17) is 23.2 Å². The second kappa shape index (κ2) is 6.51. The van der Waals surface area contributed by atoms with Crippen molar-refractivity contribution < 1.29 is 0 Å². The van der Waals surface area contributed by atoms with Gasteiger partial charge in [0.05, 0.1) is 6.04 Å². The topological polar surface area (TPSA) is 12.0 Å². The van der Waals surface area contributed by atoms with Crippen LogP contribution in [0.25, 0.3) is 0 Å². The molecule has 3 heteroatoms. The Morgan fingerprint density at radius 3 is 2.15 bits per heavy atom. The summed E-state index contributed by atoms with van der Waals surface area (Å²) in [6, 6.07) is 14.2. The normalized spacial score (nSPS) is 12.5. The molecular weight excluding hydrogens is 289 g/mol.